The molecule has 0 amide bonds. The van der Waals surface area contributed by atoms with Crippen molar-refractivity contribution in [3.8, 4) is 11.1 Å². The summed E-state index contributed by atoms with van der Waals surface area (Å²) >= 11 is 7.96. The van der Waals surface area contributed by atoms with Gasteiger partial charge in [0.2, 0.25) is 0 Å². The number of aromatic nitrogens is 3. The molecule has 0 bridgehead atoms. The first-order valence-electron chi connectivity index (χ1n) is 14.5. The number of benzene rings is 1. The van der Waals surface area contributed by atoms with Crippen LogP contribution in [0.25, 0.3) is 22.0 Å². The van der Waals surface area contributed by atoms with E-state index in [1.807, 2.05) is 44.2 Å². The topological polar surface area (TPSA) is 128 Å². The van der Waals surface area contributed by atoms with E-state index in [4.69, 9.17) is 30.6 Å². The Hall–Kier alpha value is -3.55. The number of anilines is 1. The number of nitrogens with zero attached hydrogens (tertiary/aromatic N) is 3. The zero-order valence-corrected chi connectivity index (χ0v) is 28.2. The van der Waals surface area contributed by atoms with Crippen molar-refractivity contribution in [2.45, 2.75) is 51.2 Å². The molecule has 0 aliphatic rings. The van der Waals surface area contributed by atoms with Gasteiger partial charge in [-0.1, -0.05) is 54.9 Å². The van der Waals surface area contributed by atoms with Crippen LogP contribution in [0.15, 0.2) is 55.3 Å². The number of fused-ring (bicyclic) bond motifs is 1. The van der Waals surface area contributed by atoms with Crippen molar-refractivity contribution in [3.63, 3.8) is 0 Å². The molecule has 0 aliphatic heterocycles. The molecule has 45 heavy (non-hydrogen) atoms. The van der Waals surface area contributed by atoms with Crippen LogP contribution in [-0.2, 0) is 38.8 Å². The first-order chi connectivity index (χ1) is 21.6. The second-order valence-corrected chi connectivity index (χ2v) is 13.9. The van der Waals surface area contributed by atoms with Crippen molar-refractivity contribution in [3.05, 3.63) is 91.0 Å². The van der Waals surface area contributed by atoms with Gasteiger partial charge in [-0.2, -0.15) is 0 Å². The van der Waals surface area contributed by atoms with Gasteiger partial charge in [0.05, 0.1) is 29.4 Å². The van der Waals surface area contributed by atoms with Gasteiger partial charge >= 0.3 is 0 Å². The third-order valence-corrected chi connectivity index (χ3v) is 11.3. The van der Waals surface area contributed by atoms with E-state index in [0.717, 1.165) is 44.4 Å². The number of aryl methyl sites for hydroxylation is 3. The fourth-order valence-electron chi connectivity index (χ4n) is 5.03. The summed E-state index contributed by atoms with van der Waals surface area (Å²) < 4.78 is 45.4. The Labute approximate surface area is 271 Å². The number of H-pyrrole nitrogens is 1. The minimum absolute atomic E-state index is 0.144. The molecule has 0 saturated heterocycles. The van der Waals surface area contributed by atoms with E-state index in [-0.39, 0.29) is 28.9 Å². The highest BCUT2D eigenvalue weighted by Crippen LogP contribution is 2.37. The summed E-state index contributed by atoms with van der Waals surface area (Å²) in [5, 5.41) is 6.93. The summed E-state index contributed by atoms with van der Waals surface area (Å²) in [7, 11) is -2.55. The highest BCUT2D eigenvalue weighted by molar-refractivity contribution is 7.94. The van der Waals surface area contributed by atoms with Crippen molar-refractivity contribution in [2.24, 2.45) is 0 Å². The number of hydrogen-bond donors (Lipinski definition) is 1. The maximum absolute atomic E-state index is 14.1. The van der Waals surface area contributed by atoms with Crippen LogP contribution in [-0.4, -0.2) is 50.6 Å². The number of sulfonamides is 1. The number of pyridine rings is 2. The number of halogens is 1. The highest BCUT2D eigenvalue weighted by atomic mass is 35.5. The van der Waals surface area contributed by atoms with E-state index >= 15 is 0 Å². The van der Waals surface area contributed by atoms with Gasteiger partial charge in [-0.3, -0.25) is 9.78 Å². The summed E-state index contributed by atoms with van der Waals surface area (Å²) in [6, 6.07) is 11.1. The van der Waals surface area contributed by atoms with E-state index in [9.17, 15) is 13.2 Å². The smallest absolute Gasteiger partial charge is 0.277 e. The second-order valence-electron chi connectivity index (χ2n) is 10.5. The molecule has 5 aromatic rings. The predicted molar refractivity (Wildman–Crippen MR) is 177 cm³/mol. The van der Waals surface area contributed by atoms with Crippen LogP contribution < -0.4 is 9.86 Å². The van der Waals surface area contributed by atoms with E-state index in [0.29, 0.717) is 58.0 Å². The SMILES string of the molecule is CCc1cc2[nH]c(=O)c(Cc3ccc(-c4ccsc4S(=O)(=O)N(COCCOC)c4noc(C)c4C)cc3)c(Cl)c2c(CC)n1. The summed E-state index contributed by atoms with van der Waals surface area (Å²) in [5.41, 5.74) is 5.35. The first-order valence-corrected chi connectivity index (χ1v) is 17.2. The highest BCUT2D eigenvalue weighted by Gasteiger charge is 2.33. The Kier molecular flexibility index (Phi) is 10.1. The van der Waals surface area contributed by atoms with Crippen molar-refractivity contribution in [2.75, 3.05) is 31.4 Å². The van der Waals surface area contributed by atoms with Gasteiger partial charge in [-0.25, -0.2) is 12.7 Å². The summed E-state index contributed by atoms with van der Waals surface area (Å²) in [5.74, 6) is 0.687. The van der Waals surface area contributed by atoms with Crippen LogP contribution in [0.5, 0.6) is 0 Å². The maximum atomic E-state index is 14.1. The van der Waals surface area contributed by atoms with Crippen molar-refractivity contribution in [1.82, 2.24) is 15.1 Å². The second kappa shape index (κ2) is 13.8. The van der Waals surface area contributed by atoms with Gasteiger partial charge in [0, 0.05) is 41.3 Å². The molecule has 0 atom stereocenters. The van der Waals surface area contributed by atoms with Gasteiger partial charge in [0.1, 0.15) is 16.7 Å². The van der Waals surface area contributed by atoms with Crippen LogP contribution >= 0.6 is 22.9 Å². The lowest BCUT2D eigenvalue weighted by Crippen LogP contribution is -2.34. The maximum Gasteiger partial charge on any atom is 0.277 e. The molecule has 0 aliphatic carbocycles. The predicted octanol–water partition coefficient (Wildman–Crippen LogP) is 6.44. The summed E-state index contributed by atoms with van der Waals surface area (Å²) in [6.45, 7) is 7.77. The summed E-state index contributed by atoms with van der Waals surface area (Å²) in [6.07, 6.45) is 1.74. The average Bonchev–Trinajstić information content (AvgIpc) is 3.66. The van der Waals surface area contributed by atoms with E-state index in [1.165, 1.54) is 0 Å². The molecule has 0 spiro atoms. The molecule has 5 rings (SSSR count). The van der Waals surface area contributed by atoms with Gasteiger partial charge in [-0.15, -0.1) is 11.3 Å². The lowest BCUT2D eigenvalue weighted by Gasteiger charge is -2.22. The molecular formula is C32H35ClN4O6S2. The van der Waals surface area contributed by atoms with Crippen molar-refractivity contribution < 1.29 is 22.4 Å². The van der Waals surface area contributed by atoms with E-state index in [2.05, 4.69) is 10.1 Å². The molecule has 13 heteroatoms. The van der Waals surface area contributed by atoms with Gasteiger partial charge in [0.15, 0.2) is 5.82 Å². The number of rotatable bonds is 13. The molecule has 4 heterocycles. The largest absolute Gasteiger partial charge is 0.382 e. The van der Waals surface area contributed by atoms with Crippen LogP contribution in [0.2, 0.25) is 5.02 Å². The number of aromatic amines is 1. The fourth-order valence-corrected chi connectivity index (χ4v) is 8.23. The fraction of sp³-hybridized carbons (Fsp3) is 0.344. The number of hydrogen-bond acceptors (Lipinski definition) is 9. The van der Waals surface area contributed by atoms with Gasteiger partial charge in [0.25, 0.3) is 15.6 Å². The quantitative estimate of drug-likeness (QED) is 0.112. The monoisotopic (exact) mass is 670 g/mol. The zero-order chi connectivity index (χ0) is 32.3. The molecule has 238 valence electrons. The Morgan fingerprint density at radius 1 is 1.09 bits per heavy atom. The number of ether oxygens (including phenoxy) is 2. The first kappa shape index (κ1) is 32.8. The molecule has 1 aromatic carbocycles. The minimum Gasteiger partial charge on any atom is -0.382 e. The van der Waals surface area contributed by atoms with Gasteiger partial charge in [-0.05, 0) is 55.3 Å². The normalized spacial score (nSPS) is 11.9. The van der Waals surface area contributed by atoms with Crippen molar-refractivity contribution >= 4 is 49.7 Å². The molecule has 0 radical (unpaired) electrons. The van der Waals surface area contributed by atoms with E-state index in [1.54, 1.807) is 32.4 Å². The molecule has 0 saturated carbocycles. The molecular weight excluding hydrogens is 636 g/mol. The van der Waals surface area contributed by atoms with Crippen LogP contribution in [0.1, 0.15) is 47.7 Å². The third-order valence-electron chi connectivity index (χ3n) is 7.66. The van der Waals surface area contributed by atoms with E-state index < -0.39 is 10.0 Å². The van der Waals surface area contributed by atoms with Crippen LogP contribution in [0.4, 0.5) is 5.82 Å². The Bertz CT molecular complexity index is 1980. The lowest BCUT2D eigenvalue weighted by molar-refractivity contribution is 0.0753. The molecule has 1 N–H and O–H groups in total. The molecule has 4 aromatic heterocycles. The number of thiophene rings is 1. The Morgan fingerprint density at radius 3 is 2.49 bits per heavy atom. The van der Waals surface area contributed by atoms with Crippen LogP contribution in [0.3, 0.4) is 0 Å². The Balaban J connectivity index is 1.46. The van der Waals surface area contributed by atoms with Crippen LogP contribution in [0, 0.1) is 13.8 Å². The molecule has 0 unspecified atom stereocenters. The third kappa shape index (κ3) is 6.56. The van der Waals surface area contributed by atoms with Gasteiger partial charge < -0.3 is 19.0 Å². The molecule has 0 fully saturated rings. The standard InChI is InChI=1S/C32H35ClN4O6S2/c1-6-23-17-27-28(26(7-2)34-23)29(33)25(31(38)35-27)16-21-8-10-22(11-9-21)24-12-15-44-32(24)45(39,40)37(18-42-14-13-41-5)30-19(3)20(4)43-36-30/h8-12,15,17H,6-7,13-14,16,18H2,1-5H3,(H,35,38). The zero-order valence-electron chi connectivity index (χ0n) is 25.8. The molecule has 10 nitrogen and oxygen atoms in total. The van der Waals surface area contributed by atoms with Crippen molar-refractivity contribution in [1.29, 1.82) is 0 Å². The minimum atomic E-state index is -4.09. The number of methoxy groups -OCH3 is 1. The average molecular weight is 671 g/mol. The lowest BCUT2D eigenvalue weighted by atomic mass is 10.0. The Morgan fingerprint density at radius 2 is 1.84 bits per heavy atom. The number of nitrogens with one attached hydrogen (secondary N) is 1. The summed E-state index contributed by atoms with van der Waals surface area (Å²) in [4.78, 5) is 20.8.